The Balaban J connectivity index is 2.31. The van der Waals surface area contributed by atoms with Gasteiger partial charge in [-0.15, -0.1) is 0 Å². The van der Waals surface area contributed by atoms with E-state index in [1.54, 1.807) is 13.8 Å². The van der Waals surface area contributed by atoms with Gasteiger partial charge in [0.05, 0.1) is 21.5 Å². The van der Waals surface area contributed by atoms with Crippen LogP contribution in [-0.2, 0) is 10.0 Å². The first-order chi connectivity index (χ1) is 12.3. The Morgan fingerprint density at radius 2 is 1.73 bits per heavy atom. The van der Waals surface area contributed by atoms with Gasteiger partial charge in [-0.3, -0.25) is 4.79 Å². The Labute approximate surface area is 160 Å². The van der Waals surface area contributed by atoms with Crippen LogP contribution in [0.15, 0.2) is 53.4 Å². The van der Waals surface area contributed by atoms with E-state index in [9.17, 15) is 13.2 Å². The zero-order valence-electron chi connectivity index (χ0n) is 15.1. The van der Waals surface area contributed by atoms with E-state index in [2.05, 4.69) is 5.32 Å². The number of hydrogen-bond donors (Lipinski definition) is 1. The van der Waals surface area contributed by atoms with Crippen molar-refractivity contribution in [1.82, 2.24) is 9.62 Å². The van der Waals surface area contributed by atoms with E-state index in [1.165, 1.54) is 22.5 Å². The van der Waals surface area contributed by atoms with Crippen LogP contribution in [0.1, 0.15) is 42.7 Å². The standard InChI is InChI=1S/C19H23ClN2O3S/c1-4-22(5-2)26(24,25)16-11-12-18(20)17(13-16)19(23)21-14(3)15-9-7-6-8-10-15/h6-14H,4-5H2,1-3H3,(H,21,23)/t14-/m1/s1. The molecule has 0 fully saturated rings. The minimum atomic E-state index is -3.66. The Kier molecular flexibility index (Phi) is 6.81. The van der Waals surface area contributed by atoms with E-state index >= 15 is 0 Å². The highest BCUT2D eigenvalue weighted by molar-refractivity contribution is 7.89. The summed E-state index contributed by atoms with van der Waals surface area (Å²) in [6, 6.07) is 13.5. The molecule has 0 heterocycles. The van der Waals surface area contributed by atoms with Crippen LogP contribution >= 0.6 is 11.6 Å². The minimum absolute atomic E-state index is 0.0584. The molecule has 2 aromatic carbocycles. The number of sulfonamides is 1. The van der Waals surface area contributed by atoms with Crippen molar-refractivity contribution < 1.29 is 13.2 Å². The molecule has 0 bridgehead atoms. The Hall–Kier alpha value is -1.89. The summed E-state index contributed by atoms with van der Waals surface area (Å²) in [7, 11) is -3.66. The summed E-state index contributed by atoms with van der Waals surface area (Å²) in [6.07, 6.45) is 0. The van der Waals surface area contributed by atoms with Gasteiger partial charge in [0, 0.05) is 13.1 Å². The predicted octanol–water partition coefficient (Wildman–Crippen LogP) is 3.86. The number of carbonyl (C=O) groups is 1. The van der Waals surface area contributed by atoms with Crippen molar-refractivity contribution in [3.63, 3.8) is 0 Å². The molecule has 1 atom stereocenters. The van der Waals surface area contributed by atoms with Crippen LogP contribution in [0.5, 0.6) is 0 Å². The maximum Gasteiger partial charge on any atom is 0.253 e. The van der Waals surface area contributed by atoms with E-state index in [4.69, 9.17) is 11.6 Å². The molecule has 26 heavy (non-hydrogen) atoms. The Morgan fingerprint density at radius 1 is 1.12 bits per heavy atom. The summed E-state index contributed by atoms with van der Waals surface area (Å²) in [5.74, 6) is -0.414. The first kappa shape index (κ1) is 20.4. The van der Waals surface area contributed by atoms with E-state index in [-0.39, 0.29) is 21.5 Å². The molecule has 140 valence electrons. The highest BCUT2D eigenvalue weighted by Gasteiger charge is 2.24. The van der Waals surface area contributed by atoms with Gasteiger partial charge >= 0.3 is 0 Å². The smallest absolute Gasteiger partial charge is 0.253 e. The fourth-order valence-electron chi connectivity index (χ4n) is 2.65. The van der Waals surface area contributed by atoms with Gasteiger partial charge in [0.1, 0.15) is 0 Å². The van der Waals surface area contributed by atoms with Crippen molar-refractivity contribution in [2.75, 3.05) is 13.1 Å². The molecule has 0 unspecified atom stereocenters. The molecule has 7 heteroatoms. The molecule has 0 aliphatic heterocycles. The summed E-state index contributed by atoms with van der Waals surface area (Å²) in [4.78, 5) is 12.7. The average Bonchev–Trinajstić information content (AvgIpc) is 2.63. The van der Waals surface area contributed by atoms with Crippen LogP contribution in [0.2, 0.25) is 5.02 Å². The minimum Gasteiger partial charge on any atom is -0.345 e. The molecule has 2 rings (SSSR count). The molecule has 0 spiro atoms. The molecular weight excluding hydrogens is 372 g/mol. The molecular formula is C19H23ClN2O3S. The third-order valence-electron chi connectivity index (χ3n) is 4.17. The first-order valence-corrected chi connectivity index (χ1v) is 10.3. The van der Waals surface area contributed by atoms with Crippen molar-refractivity contribution in [2.24, 2.45) is 0 Å². The van der Waals surface area contributed by atoms with E-state index < -0.39 is 15.9 Å². The highest BCUT2D eigenvalue weighted by atomic mass is 35.5. The van der Waals surface area contributed by atoms with Crippen LogP contribution in [0.3, 0.4) is 0 Å². The topological polar surface area (TPSA) is 66.5 Å². The summed E-state index contributed by atoms with van der Waals surface area (Å²) in [6.45, 7) is 6.11. The third-order valence-corrected chi connectivity index (χ3v) is 6.55. The number of hydrogen-bond acceptors (Lipinski definition) is 3. The molecule has 1 amide bonds. The van der Waals surface area contributed by atoms with E-state index in [0.717, 1.165) is 5.56 Å². The SMILES string of the molecule is CCN(CC)S(=O)(=O)c1ccc(Cl)c(C(=O)N[C@H](C)c2ccccc2)c1. The maximum absolute atomic E-state index is 12.7. The fraction of sp³-hybridized carbons (Fsp3) is 0.316. The number of rotatable bonds is 7. The summed E-state index contributed by atoms with van der Waals surface area (Å²) >= 11 is 6.15. The zero-order chi connectivity index (χ0) is 19.3. The third kappa shape index (κ3) is 4.44. The molecule has 0 aliphatic carbocycles. The van der Waals surface area contributed by atoms with Crippen molar-refractivity contribution in [3.8, 4) is 0 Å². The number of benzene rings is 2. The van der Waals surface area contributed by atoms with Gasteiger partial charge in [0.2, 0.25) is 10.0 Å². The summed E-state index contributed by atoms with van der Waals surface area (Å²) in [5.41, 5.74) is 1.09. The van der Waals surface area contributed by atoms with Crippen molar-refractivity contribution in [1.29, 1.82) is 0 Å². The second kappa shape index (κ2) is 8.66. The summed E-state index contributed by atoms with van der Waals surface area (Å²) in [5, 5.41) is 3.07. The average molecular weight is 395 g/mol. The predicted molar refractivity (Wildman–Crippen MR) is 104 cm³/mol. The molecule has 5 nitrogen and oxygen atoms in total. The van der Waals surface area contributed by atoms with Gasteiger partial charge in [-0.2, -0.15) is 4.31 Å². The van der Waals surface area contributed by atoms with Gasteiger partial charge < -0.3 is 5.32 Å². The number of nitrogens with one attached hydrogen (secondary N) is 1. The molecule has 2 aromatic rings. The second-order valence-corrected chi connectivity index (χ2v) is 8.18. The van der Waals surface area contributed by atoms with Crippen LogP contribution < -0.4 is 5.32 Å². The van der Waals surface area contributed by atoms with Crippen LogP contribution in [0, 0.1) is 0 Å². The lowest BCUT2D eigenvalue weighted by atomic mass is 10.1. The Bertz CT molecular complexity index is 866. The van der Waals surface area contributed by atoms with Crippen molar-refractivity contribution in [2.45, 2.75) is 31.7 Å². The largest absolute Gasteiger partial charge is 0.345 e. The monoisotopic (exact) mass is 394 g/mol. The van der Waals surface area contributed by atoms with Crippen molar-refractivity contribution in [3.05, 3.63) is 64.7 Å². The van der Waals surface area contributed by atoms with Crippen LogP contribution in [0.25, 0.3) is 0 Å². The quantitative estimate of drug-likeness (QED) is 0.775. The van der Waals surface area contributed by atoms with Crippen LogP contribution in [-0.4, -0.2) is 31.7 Å². The van der Waals surface area contributed by atoms with Gasteiger partial charge in [-0.05, 0) is 30.7 Å². The molecule has 1 N–H and O–H groups in total. The van der Waals surface area contributed by atoms with Crippen LogP contribution in [0.4, 0.5) is 0 Å². The molecule has 0 saturated heterocycles. The number of amides is 1. The highest BCUT2D eigenvalue weighted by Crippen LogP contribution is 2.24. The number of carbonyl (C=O) groups excluding carboxylic acids is 1. The number of halogens is 1. The fourth-order valence-corrected chi connectivity index (χ4v) is 4.34. The zero-order valence-corrected chi connectivity index (χ0v) is 16.6. The lowest BCUT2D eigenvalue weighted by molar-refractivity contribution is 0.0940. The maximum atomic E-state index is 12.7. The van der Waals surface area contributed by atoms with Gasteiger partial charge in [-0.1, -0.05) is 55.8 Å². The van der Waals surface area contributed by atoms with E-state index in [1.807, 2.05) is 37.3 Å². The molecule has 0 radical (unpaired) electrons. The lowest BCUT2D eigenvalue weighted by Gasteiger charge is -2.19. The van der Waals surface area contributed by atoms with Gasteiger partial charge in [0.25, 0.3) is 5.91 Å². The van der Waals surface area contributed by atoms with Crippen molar-refractivity contribution >= 4 is 27.5 Å². The molecule has 0 aliphatic rings. The number of nitrogens with zero attached hydrogens (tertiary/aromatic N) is 1. The molecule has 0 saturated carbocycles. The van der Waals surface area contributed by atoms with E-state index in [0.29, 0.717) is 13.1 Å². The Morgan fingerprint density at radius 3 is 2.31 bits per heavy atom. The molecule has 0 aromatic heterocycles. The van der Waals surface area contributed by atoms with Gasteiger partial charge in [0.15, 0.2) is 0 Å². The normalized spacial score (nSPS) is 12.8. The summed E-state index contributed by atoms with van der Waals surface area (Å²) < 4.78 is 26.7. The van der Waals surface area contributed by atoms with Gasteiger partial charge in [-0.25, -0.2) is 8.42 Å². The second-order valence-electron chi connectivity index (χ2n) is 5.84. The first-order valence-electron chi connectivity index (χ1n) is 8.46. The lowest BCUT2D eigenvalue weighted by Crippen LogP contribution is -2.31.